The molecule has 3 aromatic rings. The van der Waals surface area contributed by atoms with E-state index in [1.54, 1.807) is 30.6 Å². The van der Waals surface area contributed by atoms with Gasteiger partial charge in [-0.1, -0.05) is 32.9 Å². The first kappa shape index (κ1) is 25.2. The van der Waals surface area contributed by atoms with Crippen LogP contribution in [0.4, 0.5) is 4.39 Å². The summed E-state index contributed by atoms with van der Waals surface area (Å²) in [6, 6.07) is 14.9. The number of ether oxygens (including phenoxy) is 3. The molecule has 0 bridgehead atoms. The number of carbonyl (C=O) groups is 1. The van der Waals surface area contributed by atoms with Crippen molar-refractivity contribution >= 4 is 17.3 Å². The normalized spacial score (nSPS) is 14.5. The lowest BCUT2D eigenvalue weighted by Crippen LogP contribution is -2.10. The van der Waals surface area contributed by atoms with Crippen LogP contribution in [-0.2, 0) is 21.6 Å². The van der Waals surface area contributed by atoms with Crippen molar-refractivity contribution in [2.45, 2.75) is 58.0 Å². The standard InChI is InChI=1S/C29H33FO4S/c1-29(2,3)28-25(24-14-20(32-4)11-12-26(24)30)15-22(35-28)17-34-21-8-6-7-19(13-21)23(18-9-10-18)16-27(31)33-5/h6-8,11-15,18,23H,9-10,16-17H2,1-5H3. The number of esters is 1. The number of methoxy groups -OCH3 is 2. The minimum Gasteiger partial charge on any atom is -0.497 e. The molecule has 0 spiro atoms. The highest BCUT2D eigenvalue weighted by atomic mass is 32.1. The average molecular weight is 497 g/mol. The van der Waals surface area contributed by atoms with Crippen LogP contribution in [0, 0.1) is 11.7 Å². The second-order valence-corrected chi connectivity index (χ2v) is 11.3. The van der Waals surface area contributed by atoms with E-state index in [1.165, 1.54) is 13.2 Å². The van der Waals surface area contributed by atoms with Gasteiger partial charge < -0.3 is 14.2 Å². The van der Waals surface area contributed by atoms with Gasteiger partial charge >= 0.3 is 5.97 Å². The van der Waals surface area contributed by atoms with Gasteiger partial charge in [0.1, 0.15) is 23.9 Å². The van der Waals surface area contributed by atoms with Gasteiger partial charge in [0.25, 0.3) is 0 Å². The number of benzene rings is 2. The summed E-state index contributed by atoms with van der Waals surface area (Å²) in [7, 11) is 3.02. The molecular weight excluding hydrogens is 463 g/mol. The number of halogens is 1. The van der Waals surface area contributed by atoms with Crippen LogP contribution in [0.15, 0.2) is 48.5 Å². The van der Waals surface area contributed by atoms with E-state index in [2.05, 4.69) is 26.8 Å². The highest BCUT2D eigenvalue weighted by Gasteiger charge is 2.34. The van der Waals surface area contributed by atoms with Gasteiger partial charge in [0, 0.05) is 15.3 Å². The molecule has 0 aliphatic heterocycles. The Balaban J connectivity index is 1.57. The summed E-state index contributed by atoms with van der Waals surface area (Å²) in [5.41, 5.74) is 2.36. The molecule has 0 radical (unpaired) electrons. The summed E-state index contributed by atoms with van der Waals surface area (Å²) in [6.45, 7) is 6.78. The van der Waals surface area contributed by atoms with E-state index in [1.807, 2.05) is 24.3 Å². The molecule has 1 atom stereocenters. The van der Waals surface area contributed by atoms with Crippen LogP contribution in [0.25, 0.3) is 11.1 Å². The van der Waals surface area contributed by atoms with E-state index in [0.29, 0.717) is 30.3 Å². The van der Waals surface area contributed by atoms with Crippen molar-refractivity contribution < 1.29 is 23.4 Å². The smallest absolute Gasteiger partial charge is 0.306 e. The van der Waals surface area contributed by atoms with Crippen molar-refractivity contribution in [1.29, 1.82) is 0 Å². The zero-order chi connectivity index (χ0) is 25.2. The van der Waals surface area contributed by atoms with Gasteiger partial charge in [-0.2, -0.15) is 0 Å². The fourth-order valence-electron chi connectivity index (χ4n) is 4.42. The van der Waals surface area contributed by atoms with E-state index < -0.39 is 0 Å². The third-order valence-electron chi connectivity index (χ3n) is 6.40. The summed E-state index contributed by atoms with van der Waals surface area (Å²) in [5.74, 6) is 1.61. The lowest BCUT2D eigenvalue weighted by atomic mass is 9.89. The van der Waals surface area contributed by atoms with Crippen LogP contribution >= 0.6 is 11.3 Å². The number of rotatable bonds is 9. The van der Waals surface area contributed by atoms with Crippen molar-refractivity contribution in [3.05, 3.63) is 69.7 Å². The maximum absolute atomic E-state index is 14.8. The molecule has 186 valence electrons. The second kappa shape index (κ2) is 10.4. The fraction of sp³-hybridized carbons (Fsp3) is 0.414. The van der Waals surface area contributed by atoms with Crippen LogP contribution in [-0.4, -0.2) is 20.2 Å². The lowest BCUT2D eigenvalue weighted by Gasteiger charge is -2.19. The molecular formula is C29H33FO4S. The first-order valence-electron chi connectivity index (χ1n) is 12.0. The highest BCUT2D eigenvalue weighted by molar-refractivity contribution is 7.12. The van der Waals surface area contributed by atoms with Crippen LogP contribution in [0.2, 0.25) is 0 Å². The zero-order valence-corrected chi connectivity index (χ0v) is 21.8. The van der Waals surface area contributed by atoms with Gasteiger partial charge in [0.15, 0.2) is 0 Å². The van der Waals surface area contributed by atoms with Crippen LogP contribution in [0.1, 0.15) is 61.3 Å². The van der Waals surface area contributed by atoms with Crippen molar-refractivity contribution in [2.24, 2.45) is 5.92 Å². The Morgan fingerprint density at radius 3 is 2.49 bits per heavy atom. The van der Waals surface area contributed by atoms with Gasteiger partial charge in [0.2, 0.25) is 0 Å². The third-order valence-corrected chi connectivity index (χ3v) is 7.93. The van der Waals surface area contributed by atoms with E-state index in [-0.39, 0.29) is 23.1 Å². The molecule has 0 N–H and O–H groups in total. The summed E-state index contributed by atoms with van der Waals surface area (Å²) in [6.07, 6.45) is 2.67. The molecule has 4 nitrogen and oxygen atoms in total. The molecule has 1 fully saturated rings. The van der Waals surface area contributed by atoms with E-state index in [4.69, 9.17) is 14.2 Å². The maximum Gasteiger partial charge on any atom is 0.306 e. The minimum atomic E-state index is -0.272. The minimum absolute atomic E-state index is 0.154. The second-order valence-electron chi connectivity index (χ2n) is 10.1. The highest BCUT2D eigenvalue weighted by Crippen LogP contribution is 2.45. The summed E-state index contributed by atoms with van der Waals surface area (Å²) < 4.78 is 31.2. The Hall–Kier alpha value is -2.86. The van der Waals surface area contributed by atoms with Crippen molar-refractivity contribution in [1.82, 2.24) is 0 Å². The predicted octanol–water partition coefficient (Wildman–Crippen LogP) is 7.50. The van der Waals surface area contributed by atoms with Gasteiger partial charge in [-0.3, -0.25) is 4.79 Å². The summed E-state index contributed by atoms with van der Waals surface area (Å²) >= 11 is 1.65. The molecule has 1 heterocycles. The van der Waals surface area contributed by atoms with E-state index in [0.717, 1.165) is 39.5 Å². The molecule has 4 rings (SSSR count). The average Bonchev–Trinajstić information content (AvgIpc) is 3.58. The Kier molecular flexibility index (Phi) is 7.50. The molecule has 1 unspecified atom stereocenters. The van der Waals surface area contributed by atoms with Crippen LogP contribution in [0.3, 0.4) is 0 Å². The number of carbonyl (C=O) groups excluding carboxylic acids is 1. The summed E-state index contributed by atoms with van der Waals surface area (Å²) in [4.78, 5) is 14.1. The maximum atomic E-state index is 14.8. The Labute approximate surface area is 211 Å². The first-order chi connectivity index (χ1) is 16.7. The molecule has 0 amide bonds. The molecule has 1 aromatic heterocycles. The van der Waals surface area contributed by atoms with E-state index >= 15 is 0 Å². The molecule has 1 aliphatic rings. The monoisotopic (exact) mass is 496 g/mol. The Morgan fingerprint density at radius 1 is 1.06 bits per heavy atom. The SMILES string of the molecule is COC(=O)CC(c1cccc(OCc2cc(-c3cc(OC)ccc3F)c(C(C)(C)C)s2)c1)C1CC1. The summed E-state index contributed by atoms with van der Waals surface area (Å²) in [5, 5.41) is 0. The van der Waals surface area contributed by atoms with Crippen molar-refractivity contribution in [3.63, 3.8) is 0 Å². The number of thiophene rings is 1. The van der Waals surface area contributed by atoms with Crippen LogP contribution < -0.4 is 9.47 Å². The van der Waals surface area contributed by atoms with Crippen molar-refractivity contribution in [2.75, 3.05) is 14.2 Å². The number of hydrogen-bond donors (Lipinski definition) is 0. The van der Waals surface area contributed by atoms with Crippen molar-refractivity contribution in [3.8, 4) is 22.6 Å². The van der Waals surface area contributed by atoms with Gasteiger partial charge in [-0.15, -0.1) is 11.3 Å². The van der Waals surface area contributed by atoms with Gasteiger partial charge in [-0.05, 0) is 77.6 Å². The fourth-order valence-corrected chi connectivity index (χ4v) is 5.56. The lowest BCUT2D eigenvalue weighted by molar-refractivity contribution is -0.141. The number of hydrogen-bond acceptors (Lipinski definition) is 5. The molecule has 1 saturated carbocycles. The topological polar surface area (TPSA) is 44.8 Å². The van der Waals surface area contributed by atoms with Gasteiger partial charge in [-0.25, -0.2) is 4.39 Å². The quantitative estimate of drug-likeness (QED) is 0.288. The van der Waals surface area contributed by atoms with E-state index in [9.17, 15) is 9.18 Å². The third kappa shape index (κ3) is 6.04. The molecule has 6 heteroatoms. The largest absolute Gasteiger partial charge is 0.497 e. The molecule has 0 saturated heterocycles. The molecule has 35 heavy (non-hydrogen) atoms. The Morgan fingerprint density at radius 2 is 1.83 bits per heavy atom. The first-order valence-corrected chi connectivity index (χ1v) is 12.8. The van der Waals surface area contributed by atoms with Crippen LogP contribution in [0.5, 0.6) is 11.5 Å². The molecule has 2 aromatic carbocycles. The Bertz CT molecular complexity index is 1190. The predicted molar refractivity (Wildman–Crippen MR) is 138 cm³/mol. The molecule has 1 aliphatic carbocycles. The zero-order valence-electron chi connectivity index (χ0n) is 21.0. The van der Waals surface area contributed by atoms with Gasteiger partial charge in [0.05, 0.1) is 20.6 Å².